The predicted molar refractivity (Wildman–Crippen MR) is 88.2 cm³/mol. The van der Waals surface area contributed by atoms with E-state index in [2.05, 4.69) is 37.0 Å². The first-order chi connectivity index (χ1) is 10.6. The molecule has 0 spiro atoms. The maximum Gasteiger partial charge on any atom is 0.247 e. The van der Waals surface area contributed by atoms with Crippen LogP contribution in [0.3, 0.4) is 0 Å². The van der Waals surface area contributed by atoms with E-state index in [0.717, 1.165) is 18.5 Å². The Bertz CT molecular complexity index is 704. The second-order valence-electron chi connectivity index (χ2n) is 6.08. The van der Waals surface area contributed by atoms with Gasteiger partial charge in [0.25, 0.3) is 0 Å². The van der Waals surface area contributed by atoms with Crippen LogP contribution in [0.4, 0.5) is 0 Å². The number of benzene rings is 1. The summed E-state index contributed by atoms with van der Waals surface area (Å²) < 4.78 is 0. The fourth-order valence-electron chi connectivity index (χ4n) is 3.11. The van der Waals surface area contributed by atoms with E-state index < -0.39 is 0 Å². The molecule has 1 aromatic carbocycles. The topological polar surface area (TPSA) is 33.2 Å². The fraction of sp³-hybridized carbons (Fsp3) is 0.263. The summed E-state index contributed by atoms with van der Waals surface area (Å²) in [6.07, 6.45) is 7.86. The molecule has 0 saturated heterocycles. The Morgan fingerprint density at radius 2 is 2.05 bits per heavy atom. The molecule has 0 fully saturated rings. The molecule has 0 radical (unpaired) electrons. The van der Waals surface area contributed by atoms with E-state index in [0.29, 0.717) is 0 Å². The van der Waals surface area contributed by atoms with Crippen molar-refractivity contribution in [3.8, 4) is 0 Å². The summed E-state index contributed by atoms with van der Waals surface area (Å²) in [7, 11) is 0. The molecule has 0 bridgehead atoms. The average Bonchev–Trinajstić information content (AvgIpc) is 2.54. The van der Waals surface area contributed by atoms with Crippen molar-refractivity contribution in [3.63, 3.8) is 0 Å². The normalized spacial score (nSPS) is 16.5. The van der Waals surface area contributed by atoms with Crippen LogP contribution < -0.4 is 0 Å². The minimum Gasteiger partial charge on any atom is -0.330 e. The summed E-state index contributed by atoms with van der Waals surface area (Å²) in [5, 5.41) is 0. The maximum absolute atomic E-state index is 12.6. The zero-order valence-corrected chi connectivity index (χ0v) is 13.0. The smallest absolute Gasteiger partial charge is 0.247 e. The Balaban J connectivity index is 1.84. The largest absolute Gasteiger partial charge is 0.330 e. The molecule has 2 aromatic rings. The summed E-state index contributed by atoms with van der Waals surface area (Å²) in [6, 6.07) is 12.2. The zero-order valence-electron chi connectivity index (χ0n) is 13.0. The van der Waals surface area contributed by atoms with Crippen LogP contribution >= 0.6 is 0 Å². The molecule has 1 aliphatic rings. The van der Waals surface area contributed by atoms with Gasteiger partial charge in [0.2, 0.25) is 5.91 Å². The Kier molecular flexibility index (Phi) is 3.80. The van der Waals surface area contributed by atoms with Crippen molar-refractivity contribution in [2.45, 2.75) is 25.8 Å². The lowest BCUT2D eigenvalue weighted by Crippen LogP contribution is -2.49. The van der Waals surface area contributed by atoms with Crippen molar-refractivity contribution in [3.05, 3.63) is 71.6 Å². The second-order valence-corrected chi connectivity index (χ2v) is 6.08. The zero-order chi connectivity index (χ0) is 15.6. The van der Waals surface area contributed by atoms with E-state index in [1.807, 2.05) is 29.2 Å². The molecule has 3 heteroatoms. The molecule has 22 heavy (non-hydrogen) atoms. The minimum atomic E-state index is -0.287. The molecule has 0 aliphatic carbocycles. The number of carbonyl (C=O) groups excluding carboxylic acids is 1. The van der Waals surface area contributed by atoms with E-state index in [4.69, 9.17) is 0 Å². The van der Waals surface area contributed by atoms with Crippen molar-refractivity contribution < 1.29 is 4.79 Å². The van der Waals surface area contributed by atoms with Gasteiger partial charge in [-0.15, -0.1) is 0 Å². The van der Waals surface area contributed by atoms with Crippen LogP contribution in [0.1, 0.15) is 30.5 Å². The van der Waals surface area contributed by atoms with Crippen LogP contribution in [0, 0.1) is 0 Å². The number of hydrogen-bond donors (Lipinski definition) is 0. The number of hydrogen-bond acceptors (Lipinski definition) is 2. The summed E-state index contributed by atoms with van der Waals surface area (Å²) in [5.74, 6) is 0.0448. The molecule has 112 valence electrons. The number of nitrogens with zero attached hydrogens (tertiary/aromatic N) is 2. The van der Waals surface area contributed by atoms with Gasteiger partial charge < -0.3 is 4.90 Å². The molecule has 0 atom stereocenters. The van der Waals surface area contributed by atoms with Gasteiger partial charge in [0, 0.05) is 25.0 Å². The lowest BCUT2D eigenvalue weighted by Gasteiger charge is -2.43. The Hall–Kier alpha value is -2.42. The monoisotopic (exact) mass is 292 g/mol. The molecule has 3 nitrogen and oxygen atoms in total. The van der Waals surface area contributed by atoms with Crippen molar-refractivity contribution in [2.24, 2.45) is 0 Å². The van der Waals surface area contributed by atoms with Crippen LogP contribution in [0.5, 0.6) is 0 Å². The number of fused-ring (bicyclic) bond motifs is 1. The van der Waals surface area contributed by atoms with Crippen LogP contribution in [0.25, 0.3) is 6.08 Å². The highest BCUT2D eigenvalue weighted by Crippen LogP contribution is 2.35. The van der Waals surface area contributed by atoms with Crippen LogP contribution in [0.15, 0.2) is 54.9 Å². The van der Waals surface area contributed by atoms with Gasteiger partial charge in [-0.25, -0.2) is 0 Å². The molecule has 3 rings (SSSR count). The fourth-order valence-corrected chi connectivity index (χ4v) is 3.11. The van der Waals surface area contributed by atoms with E-state index in [-0.39, 0.29) is 11.4 Å². The molecule has 0 unspecified atom stereocenters. The summed E-state index contributed by atoms with van der Waals surface area (Å²) in [6.45, 7) is 4.97. The van der Waals surface area contributed by atoms with Gasteiger partial charge in [0.05, 0.1) is 5.54 Å². The van der Waals surface area contributed by atoms with Gasteiger partial charge >= 0.3 is 0 Å². The Morgan fingerprint density at radius 1 is 1.23 bits per heavy atom. The lowest BCUT2D eigenvalue weighted by molar-refractivity contribution is -0.132. The number of carbonyl (C=O) groups is 1. The Morgan fingerprint density at radius 3 is 2.82 bits per heavy atom. The first-order valence-corrected chi connectivity index (χ1v) is 7.57. The van der Waals surface area contributed by atoms with Gasteiger partial charge in [0.15, 0.2) is 0 Å². The highest BCUT2D eigenvalue weighted by molar-refractivity contribution is 5.92. The van der Waals surface area contributed by atoms with Crippen molar-refractivity contribution in [2.75, 3.05) is 6.54 Å². The van der Waals surface area contributed by atoms with Crippen LogP contribution in [0.2, 0.25) is 0 Å². The van der Waals surface area contributed by atoms with Crippen LogP contribution in [-0.4, -0.2) is 22.3 Å². The third-order valence-electron chi connectivity index (χ3n) is 4.32. The summed E-state index contributed by atoms with van der Waals surface area (Å²) >= 11 is 0. The van der Waals surface area contributed by atoms with Crippen LogP contribution in [-0.2, 0) is 16.8 Å². The quantitative estimate of drug-likeness (QED) is 0.795. The average molecular weight is 292 g/mol. The third-order valence-corrected chi connectivity index (χ3v) is 4.32. The van der Waals surface area contributed by atoms with Crippen molar-refractivity contribution >= 4 is 12.0 Å². The SMILES string of the molecule is CC1(C)c2ccccc2CCN1C(=O)C=Cc1cccnc1. The standard InChI is InChI=1S/C19H20N2O/c1-19(2)17-8-4-3-7-16(17)11-13-21(19)18(22)10-9-15-6-5-12-20-14-15/h3-10,12,14H,11,13H2,1-2H3. The van der Waals surface area contributed by atoms with E-state index in [1.165, 1.54) is 11.1 Å². The first kappa shape index (κ1) is 14.5. The molecular weight excluding hydrogens is 272 g/mol. The van der Waals surface area contributed by atoms with Gasteiger partial charge in [-0.3, -0.25) is 9.78 Å². The third kappa shape index (κ3) is 2.67. The number of amides is 1. The van der Waals surface area contributed by atoms with E-state index in [1.54, 1.807) is 18.5 Å². The summed E-state index contributed by atoms with van der Waals surface area (Å²) in [4.78, 5) is 18.6. The molecule has 1 aromatic heterocycles. The van der Waals surface area contributed by atoms with Gasteiger partial charge in [-0.1, -0.05) is 30.3 Å². The molecule has 2 heterocycles. The minimum absolute atomic E-state index is 0.0448. The van der Waals surface area contributed by atoms with E-state index in [9.17, 15) is 4.79 Å². The predicted octanol–water partition coefficient (Wildman–Crippen LogP) is 3.41. The number of pyridine rings is 1. The second kappa shape index (κ2) is 5.76. The van der Waals surface area contributed by atoms with E-state index >= 15 is 0 Å². The van der Waals surface area contributed by atoms with Gasteiger partial charge in [0.1, 0.15) is 0 Å². The molecular formula is C19H20N2O. The van der Waals surface area contributed by atoms with Gasteiger partial charge in [-0.2, -0.15) is 0 Å². The number of aromatic nitrogens is 1. The lowest BCUT2D eigenvalue weighted by atomic mass is 9.83. The Labute approximate surface area is 131 Å². The van der Waals surface area contributed by atoms with Gasteiger partial charge in [-0.05, 0) is 49.1 Å². The molecule has 0 saturated carbocycles. The highest BCUT2D eigenvalue weighted by atomic mass is 16.2. The first-order valence-electron chi connectivity index (χ1n) is 7.57. The van der Waals surface area contributed by atoms with Crippen molar-refractivity contribution in [1.29, 1.82) is 0 Å². The maximum atomic E-state index is 12.6. The summed E-state index contributed by atoms with van der Waals surface area (Å²) in [5.41, 5.74) is 3.23. The highest BCUT2D eigenvalue weighted by Gasteiger charge is 2.36. The number of rotatable bonds is 2. The van der Waals surface area contributed by atoms with Crippen molar-refractivity contribution in [1.82, 2.24) is 9.88 Å². The molecule has 1 aliphatic heterocycles. The molecule has 1 amide bonds. The molecule has 0 N–H and O–H groups in total.